The Morgan fingerprint density at radius 3 is 1.88 bits per heavy atom. The number of imide groups is 1. The van der Waals surface area contributed by atoms with Crippen LogP contribution in [0.5, 0.6) is 0 Å². The van der Waals surface area contributed by atoms with E-state index >= 15 is 0 Å². The molecule has 2 atom stereocenters. The lowest BCUT2D eigenvalue weighted by Gasteiger charge is -2.41. The van der Waals surface area contributed by atoms with Crippen LogP contribution in [0.1, 0.15) is 38.1 Å². The summed E-state index contributed by atoms with van der Waals surface area (Å²) in [5.41, 5.74) is -0.140. The van der Waals surface area contributed by atoms with Gasteiger partial charge in [0.15, 0.2) is 0 Å². The first-order chi connectivity index (χ1) is 11.1. The second-order valence-electron chi connectivity index (χ2n) is 5.74. The predicted molar refractivity (Wildman–Crippen MR) is 90.8 cm³/mol. The van der Waals surface area contributed by atoms with Crippen LogP contribution in [0.3, 0.4) is 0 Å². The summed E-state index contributed by atoms with van der Waals surface area (Å²) in [4.78, 5) is 51.2. The van der Waals surface area contributed by atoms with E-state index in [1.807, 2.05) is 13.8 Å². The minimum absolute atomic E-state index is 0.333. The lowest BCUT2D eigenvalue weighted by molar-refractivity contribution is -0.136. The molecule has 1 saturated heterocycles. The summed E-state index contributed by atoms with van der Waals surface area (Å²) >= 11 is 0. The minimum Gasteiger partial charge on any atom is -0.318 e. The molecule has 2 rings (SSSR count). The zero-order chi connectivity index (χ0) is 18.9. The minimum atomic E-state index is -0.650. The molecule has 0 radical (unpaired) electrons. The van der Waals surface area contributed by atoms with E-state index in [2.05, 4.69) is 0 Å². The molecule has 24 heavy (non-hydrogen) atoms. The van der Waals surface area contributed by atoms with Gasteiger partial charge in [-0.05, 0) is 6.92 Å². The molecular formula is C16H26N4O4. The molecule has 1 fully saturated rings. The van der Waals surface area contributed by atoms with E-state index in [4.69, 9.17) is 0 Å². The molecule has 0 aromatic carbocycles. The number of hydrogen-bond acceptors (Lipinski definition) is 4. The third-order valence-electron chi connectivity index (χ3n) is 4.42. The van der Waals surface area contributed by atoms with Crippen LogP contribution < -0.4 is 11.2 Å². The predicted octanol–water partition coefficient (Wildman–Crippen LogP) is 0.620. The van der Waals surface area contributed by atoms with Gasteiger partial charge >= 0.3 is 11.7 Å². The average Bonchev–Trinajstić information content (AvgIpc) is 2.59. The van der Waals surface area contributed by atoms with Crippen LogP contribution in [0, 0.1) is 12.8 Å². The number of nitrogens with zero attached hydrogens (tertiary/aromatic N) is 4. The smallest absolute Gasteiger partial charge is 0.318 e. The maximum absolute atomic E-state index is 12.2. The zero-order valence-electron chi connectivity index (χ0n) is 15.6. The molecule has 8 heteroatoms. The third-order valence-corrected chi connectivity index (χ3v) is 4.42. The first-order valence-corrected chi connectivity index (χ1v) is 7.92. The van der Waals surface area contributed by atoms with Gasteiger partial charge < -0.3 is 4.90 Å². The fraction of sp³-hybridized carbons (Fsp3) is 0.625. The number of carbonyl (C=O) groups excluding carboxylic acids is 2. The van der Waals surface area contributed by atoms with Crippen LogP contribution in [0.15, 0.2) is 9.59 Å². The molecule has 0 bridgehead atoms. The van der Waals surface area contributed by atoms with Gasteiger partial charge in [-0.3, -0.25) is 23.6 Å². The standard InChI is InChI=1S/C14H20N4O4.C2H6/c1-7-9(15(3)13(21)17(5)11(7)19)10-8(2)12(20)18(6)14(22)16(10)4;1-2/h7,9H,1-6H3;1-2H3/t7?,9-;/m1./s1. The van der Waals surface area contributed by atoms with Gasteiger partial charge in [0, 0.05) is 33.8 Å². The van der Waals surface area contributed by atoms with Crippen LogP contribution in [0.2, 0.25) is 0 Å². The Labute approximate surface area is 141 Å². The fourth-order valence-corrected chi connectivity index (χ4v) is 3.09. The topological polar surface area (TPSA) is 84.6 Å². The number of rotatable bonds is 1. The van der Waals surface area contributed by atoms with Gasteiger partial charge in [0.05, 0.1) is 17.7 Å². The molecule has 1 aliphatic heterocycles. The van der Waals surface area contributed by atoms with Crippen LogP contribution in [0.25, 0.3) is 0 Å². The SMILES string of the molecule is CC.Cc1c([C@H]2C(C)C(=O)N(C)C(=O)N2C)n(C)c(=O)n(C)c1=O. The summed E-state index contributed by atoms with van der Waals surface area (Å²) in [7, 11) is 5.93. The Morgan fingerprint density at radius 1 is 0.875 bits per heavy atom. The lowest BCUT2D eigenvalue weighted by Crippen LogP contribution is -2.56. The number of carbonyl (C=O) groups is 2. The molecule has 8 nitrogen and oxygen atoms in total. The molecule has 2 heterocycles. The molecule has 1 unspecified atom stereocenters. The molecule has 0 spiro atoms. The summed E-state index contributed by atoms with van der Waals surface area (Å²) in [6.07, 6.45) is 0. The van der Waals surface area contributed by atoms with Gasteiger partial charge in [-0.1, -0.05) is 20.8 Å². The van der Waals surface area contributed by atoms with Crippen molar-refractivity contribution in [2.45, 2.75) is 33.7 Å². The van der Waals surface area contributed by atoms with Crippen LogP contribution in [0.4, 0.5) is 4.79 Å². The van der Waals surface area contributed by atoms with E-state index in [9.17, 15) is 19.2 Å². The fourth-order valence-electron chi connectivity index (χ4n) is 3.09. The Balaban J connectivity index is 0.00000139. The molecule has 0 saturated carbocycles. The van der Waals surface area contributed by atoms with Gasteiger partial charge in [0.25, 0.3) is 5.56 Å². The molecule has 1 aromatic heterocycles. The first-order valence-electron chi connectivity index (χ1n) is 7.92. The van der Waals surface area contributed by atoms with Gasteiger partial charge in [-0.25, -0.2) is 9.59 Å². The molecule has 134 valence electrons. The van der Waals surface area contributed by atoms with Crippen molar-refractivity contribution in [3.8, 4) is 0 Å². The van der Waals surface area contributed by atoms with E-state index in [-0.39, 0.29) is 5.91 Å². The Morgan fingerprint density at radius 2 is 1.38 bits per heavy atom. The van der Waals surface area contributed by atoms with Crippen LogP contribution >= 0.6 is 0 Å². The number of aromatic nitrogens is 2. The molecule has 3 amide bonds. The van der Waals surface area contributed by atoms with Crippen molar-refractivity contribution in [1.82, 2.24) is 18.9 Å². The molecule has 1 aromatic rings. The number of urea groups is 1. The highest BCUT2D eigenvalue weighted by atomic mass is 16.2. The number of amides is 3. The van der Waals surface area contributed by atoms with Crippen molar-refractivity contribution in [2.75, 3.05) is 14.1 Å². The zero-order valence-corrected chi connectivity index (χ0v) is 15.6. The third kappa shape index (κ3) is 2.76. The van der Waals surface area contributed by atoms with Gasteiger partial charge in [-0.2, -0.15) is 0 Å². The summed E-state index contributed by atoms with van der Waals surface area (Å²) in [5.74, 6) is -0.885. The van der Waals surface area contributed by atoms with Crippen molar-refractivity contribution in [3.05, 3.63) is 32.1 Å². The van der Waals surface area contributed by atoms with E-state index in [1.165, 1.54) is 30.6 Å². The second kappa shape index (κ2) is 7.02. The first kappa shape index (κ1) is 19.7. The van der Waals surface area contributed by atoms with Gasteiger partial charge in [0.1, 0.15) is 0 Å². The van der Waals surface area contributed by atoms with E-state index in [0.29, 0.717) is 11.3 Å². The maximum atomic E-state index is 12.2. The normalized spacial score (nSPS) is 20.8. The summed E-state index contributed by atoms with van der Waals surface area (Å²) in [6, 6.07) is -1.11. The summed E-state index contributed by atoms with van der Waals surface area (Å²) in [6.45, 7) is 7.29. The second-order valence-corrected chi connectivity index (χ2v) is 5.74. The van der Waals surface area contributed by atoms with Crippen LogP contribution in [-0.4, -0.2) is 45.0 Å². The van der Waals surface area contributed by atoms with Crippen LogP contribution in [-0.2, 0) is 18.9 Å². The number of hydrogen-bond donors (Lipinski definition) is 0. The van der Waals surface area contributed by atoms with Crippen molar-refractivity contribution in [3.63, 3.8) is 0 Å². The van der Waals surface area contributed by atoms with E-state index in [1.54, 1.807) is 20.9 Å². The van der Waals surface area contributed by atoms with Crippen molar-refractivity contribution in [2.24, 2.45) is 20.0 Å². The Bertz CT molecular complexity index is 718. The van der Waals surface area contributed by atoms with Crippen molar-refractivity contribution >= 4 is 11.9 Å². The van der Waals surface area contributed by atoms with Crippen molar-refractivity contribution in [1.29, 1.82) is 0 Å². The Hall–Kier alpha value is -2.38. The highest BCUT2D eigenvalue weighted by Crippen LogP contribution is 2.33. The lowest BCUT2D eigenvalue weighted by atomic mass is 9.91. The maximum Gasteiger partial charge on any atom is 0.330 e. The van der Waals surface area contributed by atoms with E-state index < -0.39 is 29.2 Å². The largest absolute Gasteiger partial charge is 0.330 e. The quantitative estimate of drug-likeness (QED) is 0.751. The summed E-state index contributed by atoms with van der Waals surface area (Å²) < 4.78 is 2.35. The molecule has 0 aliphatic carbocycles. The van der Waals surface area contributed by atoms with Gasteiger partial charge in [0.2, 0.25) is 5.91 Å². The highest BCUT2D eigenvalue weighted by molar-refractivity contribution is 5.98. The molecule has 0 N–H and O–H groups in total. The monoisotopic (exact) mass is 338 g/mol. The Kier molecular flexibility index (Phi) is 5.75. The van der Waals surface area contributed by atoms with E-state index in [0.717, 1.165) is 9.47 Å². The highest BCUT2D eigenvalue weighted by Gasteiger charge is 2.43. The molecular weight excluding hydrogens is 312 g/mol. The van der Waals surface area contributed by atoms with Gasteiger partial charge in [-0.15, -0.1) is 0 Å². The summed E-state index contributed by atoms with van der Waals surface area (Å²) in [5, 5.41) is 0. The molecule has 1 aliphatic rings. The van der Waals surface area contributed by atoms with Crippen molar-refractivity contribution < 1.29 is 9.59 Å². The average molecular weight is 338 g/mol.